The molecule has 2 aromatic carbocycles. The number of halogens is 1. The molecule has 0 radical (unpaired) electrons. The number of carbonyl (C=O) groups is 2. The molecule has 0 heterocycles. The summed E-state index contributed by atoms with van der Waals surface area (Å²) in [5.41, 5.74) is 0.182. The lowest BCUT2D eigenvalue weighted by molar-refractivity contribution is -0.158. The number of esters is 2. The average Bonchev–Trinajstić information content (AvgIpc) is 2.91. The minimum atomic E-state index is -1.01. The smallest absolute Gasteiger partial charge is 0.349 e. The van der Waals surface area contributed by atoms with Crippen molar-refractivity contribution < 1.29 is 23.8 Å². The van der Waals surface area contributed by atoms with Crippen LogP contribution in [0.15, 0.2) is 48.5 Å². The molecule has 1 N–H and O–H groups in total. The average molecular weight is 560 g/mol. The van der Waals surface area contributed by atoms with Gasteiger partial charge in [-0.15, -0.1) is 0 Å². The van der Waals surface area contributed by atoms with Gasteiger partial charge in [-0.1, -0.05) is 75.1 Å². The normalized spacial score (nSPS) is 11.3. The van der Waals surface area contributed by atoms with E-state index in [1.165, 1.54) is 56.9 Å². The zero-order chi connectivity index (χ0) is 28.3. The van der Waals surface area contributed by atoms with E-state index in [1.807, 2.05) is 24.3 Å². The topological polar surface area (TPSA) is 73.9 Å². The molecule has 0 saturated carbocycles. The summed E-state index contributed by atoms with van der Waals surface area (Å²) in [6, 6.07) is 14.7. The number of carbonyl (C=O) groups excluding carboxylic acids is 2. The van der Waals surface area contributed by atoms with Crippen molar-refractivity contribution in [2.75, 3.05) is 13.2 Å². The molecule has 0 unspecified atom stereocenters. The Morgan fingerprint density at radius 2 is 1.31 bits per heavy atom. The third-order valence-electron chi connectivity index (χ3n) is 6.42. The van der Waals surface area contributed by atoms with Crippen LogP contribution >= 0.6 is 11.6 Å². The predicted molar refractivity (Wildman–Crippen MR) is 157 cm³/mol. The molecule has 0 amide bonds. The first-order valence-corrected chi connectivity index (χ1v) is 14.8. The summed E-state index contributed by atoms with van der Waals surface area (Å²) in [7, 11) is 0. The highest BCUT2D eigenvalue weighted by atomic mass is 35.5. The fourth-order valence-electron chi connectivity index (χ4n) is 4.17. The molecule has 0 aliphatic carbocycles. The lowest BCUT2D eigenvalue weighted by Crippen LogP contribution is -2.39. The summed E-state index contributed by atoms with van der Waals surface area (Å²) < 4.78 is 16.2. The highest BCUT2D eigenvalue weighted by Crippen LogP contribution is 2.21. The molecule has 0 fully saturated rings. The van der Waals surface area contributed by atoms with Gasteiger partial charge in [0.1, 0.15) is 11.5 Å². The van der Waals surface area contributed by atoms with Crippen LogP contribution in [0.1, 0.15) is 97.0 Å². The molecule has 6 nitrogen and oxygen atoms in total. The van der Waals surface area contributed by atoms with Crippen LogP contribution in [0.4, 0.5) is 0 Å². The summed E-state index contributed by atoms with van der Waals surface area (Å²) in [6.07, 6.45) is 12.4. The molecule has 0 spiro atoms. The first kappa shape index (κ1) is 32.6. The van der Waals surface area contributed by atoms with Crippen molar-refractivity contribution in [1.29, 1.82) is 0 Å². The molecular weight excluding hydrogens is 514 g/mol. The van der Waals surface area contributed by atoms with Crippen LogP contribution in [0.2, 0.25) is 5.02 Å². The van der Waals surface area contributed by atoms with Gasteiger partial charge in [0.15, 0.2) is 5.60 Å². The Labute approximate surface area is 239 Å². The van der Waals surface area contributed by atoms with Crippen molar-refractivity contribution in [1.82, 2.24) is 5.32 Å². The highest BCUT2D eigenvalue weighted by molar-refractivity contribution is 6.30. The SMILES string of the molecule is CCOC(=O)C(C)(C)Oc1ccc(CNCCCCCCCCCCCCC(=O)Oc2ccc(Cl)cc2)cc1. The fraction of sp³-hybridized carbons (Fsp3) is 0.562. The van der Waals surface area contributed by atoms with E-state index in [1.54, 1.807) is 45.0 Å². The molecule has 0 aromatic heterocycles. The van der Waals surface area contributed by atoms with Crippen LogP contribution in [-0.4, -0.2) is 30.7 Å². The van der Waals surface area contributed by atoms with Crippen LogP contribution in [-0.2, 0) is 20.9 Å². The summed E-state index contributed by atoms with van der Waals surface area (Å²) in [5, 5.41) is 4.14. The molecule has 0 aliphatic heterocycles. The van der Waals surface area contributed by atoms with Crippen molar-refractivity contribution in [3.8, 4) is 11.5 Å². The van der Waals surface area contributed by atoms with Crippen molar-refractivity contribution in [2.24, 2.45) is 0 Å². The van der Waals surface area contributed by atoms with Crippen LogP contribution in [0, 0.1) is 0 Å². The van der Waals surface area contributed by atoms with E-state index in [0.717, 1.165) is 25.9 Å². The number of benzene rings is 2. The zero-order valence-corrected chi connectivity index (χ0v) is 24.7. The molecule has 0 saturated heterocycles. The molecule has 39 heavy (non-hydrogen) atoms. The van der Waals surface area contributed by atoms with Crippen LogP contribution < -0.4 is 14.8 Å². The lowest BCUT2D eigenvalue weighted by Gasteiger charge is -2.24. The van der Waals surface area contributed by atoms with Crippen LogP contribution in [0.25, 0.3) is 0 Å². The van der Waals surface area contributed by atoms with Crippen molar-refractivity contribution >= 4 is 23.5 Å². The van der Waals surface area contributed by atoms with Gasteiger partial charge in [0.25, 0.3) is 0 Å². The van der Waals surface area contributed by atoms with E-state index in [0.29, 0.717) is 29.5 Å². The Bertz CT molecular complexity index is 960. The summed E-state index contributed by atoms with van der Waals surface area (Å²) in [4.78, 5) is 23.9. The maximum absolute atomic E-state index is 12.0. The monoisotopic (exact) mass is 559 g/mol. The number of rotatable bonds is 20. The Morgan fingerprint density at radius 1 is 0.769 bits per heavy atom. The first-order chi connectivity index (χ1) is 18.8. The largest absolute Gasteiger partial charge is 0.476 e. The van der Waals surface area contributed by atoms with E-state index in [9.17, 15) is 9.59 Å². The third kappa shape index (κ3) is 14.4. The van der Waals surface area contributed by atoms with Gasteiger partial charge in [-0.2, -0.15) is 0 Å². The molecule has 0 atom stereocenters. The van der Waals surface area contributed by atoms with Gasteiger partial charge in [0.2, 0.25) is 0 Å². The fourth-order valence-corrected chi connectivity index (χ4v) is 4.29. The maximum Gasteiger partial charge on any atom is 0.349 e. The zero-order valence-electron chi connectivity index (χ0n) is 23.9. The highest BCUT2D eigenvalue weighted by Gasteiger charge is 2.31. The number of nitrogens with one attached hydrogen (secondary N) is 1. The molecule has 2 rings (SSSR count). The molecular formula is C32H46ClNO5. The van der Waals surface area contributed by atoms with Crippen molar-refractivity contribution in [2.45, 2.75) is 104 Å². The number of ether oxygens (including phenoxy) is 3. The summed E-state index contributed by atoms with van der Waals surface area (Å²) in [6.45, 7) is 7.39. The van der Waals surface area contributed by atoms with Gasteiger partial charge >= 0.3 is 11.9 Å². The second-order valence-electron chi connectivity index (χ2n) is 10.4. The van der Waals surface area contributed by atoms with Gasteiger partial charge in [-0.25, -0.2) is 4.79 Å². The summed E-state index contributed by atoms with van der Waals surface area (Å²) in [5.74, 6) is 0.673. The molecule has 0 aliphatic rings. The van der Waals surface area contributed by atoms with E-state index in [-0.39, 0.29) is 11.9 Å². The van der Waals surface area contributed by atoms with Gasteiger partial charge < -0.3 is 19.5 Å². The van der Waals surface area contributed by atoms with Gasteiger partial charge in [0.05, 0.1) is 6.61 Å². The minimum Gasteiger partial charge on any atom is -0.476 e. The minimum absolute atomic E-state index is 0.175. The quantitative estimate of drug-likeness (QED) is 0.100. The maximum atomic E-state index is 12.0. The van der Waals surface area contributed by atoms with E-state index in [2.05, 4.69) is 5.32 Å². The van der Waals surface area contributed by atoms with Crippen molar-refractivity contribution in [3.63, 3.8) is 0 Å². The molecule has 0 bridgehead atoms. The van der Waals surface area contributed by atoms with Crippen LogP contribution in [0.5, 0.6) is 11.5 Å². The Morgan fingerprint density at radius 3 is 1.90 bits per heavy atom. The Balaban J connectivity index is 1.39. The number of hydrogen-bond donors (Lipinski definition) is 1. The van der Waals surface area contributed by atoms with E-state index < -0.39 is 5.60 Å². The van der Waals surface area contributed by atoms with Gasteiger partial charge in [-0.3, -0.25) is 4.79 Å². The first-order valence-electron chi connectivity index (χ1n) is 14.4. The number of unbranched alkanes of at least 4 members (excludes halogenated alkanes) is 9. The Hall–Kier alpha value is -2.57. The van der Waals surface area contributed by atoms with Gasteiger partial charge in [-0.05, 0) is 82.1 Å². The summed E-state index contributed by atoms with van der Waals surface area (Å²) >= 11 is 5.84. The number of hydrogen-bond acceptors (Lipinski definition) is 6. The lowest BCUT2D eigenvalue weighted by atomic mass is 10.1. The second-order valence-corrected chi connectivity index (χ2v) is 10.8. The predicted octanol–water partition coefficient (Wildman–Crippen LogP) is 8.05. The standard InChI is InChI=1S/C32H46ClNO5/c1-4-37-31(36)32(2,3)39-29-20-16-26(17-21-29)25-34-24-14-12-10-8-6-5-7-9-11-13-15-30(35)38-28-22-18-27(33)19-23-28/h16-23,34H,4-15,24-25H2,1-3H3. The molecule has 216 valence electrons. The van der Waals surface area contributed by atoms with E-state index in [4.69, 9.17) is 25.8 Å². The molecule has 2 aromatic rings. The molecule has 7 heteroatoms. The Kier molecular flexibility index (Phi) is 15.6. The second kappa shape index (κ2) is 18.7. The van der Waals surface area contributed by atoms with Gasteiger partial charge in [0, 0.05) is 18.0 Å². The van der Waals surface area contributed by atoms with Crippen molar-refractivity contribution in [3.05, 3.63) is 59.1 Å². The van der Waals surface area contributed by atoms with E-state index >= 15 is 0 Å². The van der Waals surface area contributed by atoms with Crippen LogP contribution in [0.3, 0.4) is 0 Å². The third-order valence-corrected chi connectivity index (χ3v) is 6.67.